The lowest BCUT2D eigenvalue weighted by Crippen LogP contribution is -2.34. The summed E-state index contributed by atoms with van der Waals surface area (Å²) in [6, 6.07) is 0. The normalized spacial score (nSPS) is 23.8. The molecule has 1 aliphatic heterocycles. The van der Waals surface area contributed by atoms with E-state index in [9.17, 15) is 9.90 Å². The Hall–Kier alpha value is -1.73. The number of nitrogens with zero attached hydrogens (tertiary/aromatic N) is 3. The van der Waals surface area contributed by atoms with Crippen LogP contribution in [0.15, 0.2) is 12.4 Å². The smallest absolute Gasteiger partial charge is 0.274 e. The third kappa shape index (κ3) is 2.51. The molecule has 4 N–H and O–H groups in total. The molecule has 92 valence electrons. The molecule has 0 aliphatic carbocycles. The number of hydrogen-bond acceptors (Lipinski definition) is 6. The Bertz CT molecular complexity index is 417. The van der Waals surface area contributed by atoms with Crippen LogP contribution in [-0.2, 0) is 0 Å². The molecule has 2 heterocycles. The number of hydrogen-bond donors (Lipinski definition) is 3. The Morgan fingerprint density at radius 2 is 2.35 bits per heavy atom. The molecule has 1 aliphatic rings. The van der Waals surface area contributed by atoms with Gasteiger partial charge in [-0.2, -0.15) is 0 Å². The molecule has 2 rings (SSSR count). The monoisotopic (exact) mass is 237 g/mol. The molecule has 1 aromatic heterocycles. The standard InChI is InChI=1S/C10H15N5O2/c1-10(17)2-3-15(6-10)9(16)7-4-13-8(14-11)5-12-7/h4-5,17H,2-3,6,11H2,1H3,(H,13,14). The van der Waals surface area contributed by atoms with Crippen LogP contribution in [0.4, 0.5) is 5.82 Å². The highest BCUT2D eigenvalue weighted by atomic mass is 16.3. The van der Waals surface area contributed by atoms with Crippen LogP contribution in [0, 0.1) is 0 Å². The number of nitrogens with two attached hydrogens (primary N) is 1. The lowest BCUT2D eigenvalue weighted by Gasteiger charge is -2.18. The minimum Gasteiger partial charge on any atom is -0.388 e. The molecular weight excluding hydrogens is 222 g/mol. The number of anilines is 1. The van der Waals surface area contributed by atoms with Crippen molar-refractivity contribution in [3.8, 4) is 0 Å². The van der Waals surface area contributed by atoms with Crippen LogP contribution in [0.5, 0.6) is 0 Å². The van der Waals surface area contributed by atoms with Gasteiger partial charge in [0.1, 0.15) is 5.69 Å². The van der Waals surface area contributed by atoms with Gasteiger partial charge in [0, 0.05) is 13.1 Å². The number of nitrogens with one attached hydrogen (secondary N) is 1. The summed E-state index contributed by atoms with van der Waals surface area (Å²) in [4.78, 5) is 21.4. The first-order valence-electron chi connectivity index (χ1n) is 5.32. The van der Waals surface area contributed by atoms with Crippen molar-refractivity contribution in [2.75, 3.05) is 18.5 Å². The number of carbonyl (C=O) groups excluding carboxylic acids is 1. The molecule has 7 nitrogen and oxygen atoms in total. The average molecular weight is 237 g/mol. The first-order chi connectivity index (χ1) is 8.02. The Kier molecular flexibility index (Phi) is 2.95. The van der Waals surface area contributed by atoms with Crippen LogP contribution in [-0.4, -0.2) is 44.6 Å². The van der Waals surface area contributed by atoms with Crippen molar-refractivity contribution in [2.45, 2.75) is 18.9 Å². The SMILES string of the molecule is CC1(O)CCN(C(=O)c2cnc(NN)cn2)C1. The second-order valence-corrected chi connectivity index (χ2v) is 4.40. The zero-order valence-corrected chi connectivity index (χ0v) is 9.55. The van der Waals surface area contributed by atoms with Crippen molar-refractivity contribution in [2.24, 2.45) is 5.84 Å². The second-order valence-electron chi connectivity index (χ2n) is 4.40. The summed E-state index contributed by atoms with van der Waals surface area (Å²) in [7, 11) is 0. The third-order valence-corrected chi connectivity index (χ3v) is 2.76. The first kappa shape index (κ1) is 11.7. The number of aromatic nitrogens is 2. The van der Waals surface area contributed by atoms with Gasteiger partial charge in [0.15, 0.2) is 5.82 Å². The highest BCUT2D eigenvalue weighted by Crippen LogP contribution is 2.21. The average Bonchev–Trinajstić information content (AvgIpc) is 2.69. The molecule has 0 spiro atoms. The van der Waals surface area contributed by atoms with Gasteiger partial charge < -0.3 is 15.4 Å². The predicted molar refractivity (Wildman–Crippen MR) is 61.0 cm³/mol. The lowest BCUT2D eigenvalue weighted by molar-refractivity contribution is 0.0569. The molecule has 1 atom stereocenters. The van der Waals surface area contributed by atoms with E-state index in [-0.39, 0.29) is 11.6 Å². The number of nitrogen functional groups attached to an aromatic ring is 1. The van der Waals surface area contributed by atoms with Gasteiger partial charge >= 0.3 is 0 Å². The van der Waals surface area contributed by atoms with E-state index in [1.165, 1.54) is 12.4 Å². The maximum absolute atomic E-state index is 12.0. The van der Waals surface area contributed by atoms with Crippen LogP contribution in [0.1, 0.15) is 23.8 Å². The minimum atomic E-state index is -0.804. The van der Waals surface area contributed by atoms with Gasteiger partial charge in [-0.25, -0.2) is 15.8 Å². The maximum Gasteiger partial charge on any atom is 0.274 e. The number of likely N-dealkylation sites (tertiary alicyclic amines) is 1. The van der Waals surface area contributed by atoms with E-state index in [1.807, 2.05) is 0 Å². The minimum absolute atomic E-state index is 0.223. The van der Waals surface area contributed by atoms with E-state index in [1.54, 1.807) is 11.8 Å². The summed E-state index contributed by atoms with van der Waals surface area (Å²) in [6.07, 6.45) is 3.33. The Labute approximate surface area is 98.6 Å². The van der Waals surface area contributed by atoms with E-state index >= 15 is 0 Å². The van der Waals surface area contributed by atoms with Crippen molar-refractivity contribution >= 4 is 11.7 Å². The molecule has 1 aromatic rings. The summed E-state index contributed by atoms with van der Waals surface area (Å²) < 4.78 is 0. The van der Waals surface area contributed by atoms with E-state index in [0.29, 0.717) is 25.3 Å². The molecule has 7 heteroatoms. The van der Waals surface area contributed by atoms with Crippen molar-refractivity contribution in [3.05, 3.63) is 18.1 Å². The van der Waals surface area contributed by atoms with Crippen molar-refractivity contribution in [1.82, 2.24) is 14.9 Å². The van der Waals surface area contributed by atoms with Crippen LogP contribution in [0.3, 0.4) is 0 Å². The van der Waals surface area contributed by atoms with Gasteiger partial charge in [-0.15, -0.1) is 0 Å². The van der Waals surface area contributed by atoms with Gasteiger partial charge in [-0.3, -0.25) is 4.79 Å². The number of hydrazine groups is 1. The fraction of sp³-hybridized carbons (Fsp3) is 0.500. The number of aliphatic hydroxyl groups is 1. The Morgan fingerprint density at radius 3 is 2.82 bits per heavy atom. The third-order valence-electron chi connectivity index (χ3n) is 2.76. The fourth-order valence-electron chi connectivity index (χ4n) is 1.79. The highest BCUT2D eigenvalue weighted by molar-refractivity contribution is 5.92. The molecule has 1 unspecified atom stereocenters. The van der Waals surface area contributed by atoms with Crippen molar-refractivity contribution < 1.29 is 9.90 Å². The summed E-state index contributed by atoms with van der Waals surface area (Å²) in [6.45, 7) is 2.57. The molecule has 1 amide bonds. The van der Waals surface area contributed by atoms with Gasteiger partial charge in [0.05, 0.1) is 18.0 Å². The summed E-state index contributed by atoms with van der Waals surface area (Å²) in [5.41, 5.74) is 1.79. The molecule has 0 saturated carbocycles. The molecule has 17 heavy (non-hydrogen) atoms. The highest BCUT2D eigenvalue weighted by Gasteiger charge is 2.34. The molecule has 0 bridgehead atoms. The second kappa shape index (κ2) is 4.27. The van der Waals surface area contributed by atoms with Crippen molar-refractivity contribution in [1.29, 1.82) is 0 Å². The van der Waals surface area contributed by atoms with E-state index in [4.69, 9.17) is 5.84 Å². The molecule has 0 radical (unpaired) electrons. The van der Waals surface area contributed by atoms with Crippen LogP contribution < -0.4 is 11.3 Å². The summed E-state index contributed by atoms with van der Waals surface area (Å²) in [5.74, 6) is 5.33. The number of carbonyl (C=O) groups is 1. The zero-order chi connectivity index (χ0) is 12.5. The van der Waals surface area contributed by atoms with E-state index in [2.05, 4.69) is 15.4 Å². The lowest BCUT2D eigenvalue weighted by atomic mass is 10.1. The first-order valence-corrected chi connectivity index (χ1v) is 5.32. The zero-order valence-electron chi connectivity index (χ0n) is 9.55. The molecule has 1 fully saturated rings. The van der Waals surface area contributed by atoms with Gasteiger partial charge in [-0.1, -0.05) is 0 Å². The van der Waals surface area contributed by atoms with E-state index in [0.717, 1.165) is 0 Å². The van der Waals surface area contributed by atoms with Crippen molar-refractivity contribution in [3.63, 3.8) is 0 Å². The largest absolute Gasteiger partial charge is 0.388 e. The molecular formula is C10H15N5O2. The van der Waals surface area contributed by atoms with E-state index < -0.39 is 5.60 Å². The number of amides is 1. The van der Waals surface area contributed by atoms with Crippen LogP contribution in [0.25, 0.3) is 0 Å². The fourth-order valence-corrected chi connectivity index (χ4v) is 1.79. The quantitative estimate of drug-likeness (QED) is 0.467. The summed E-state index contributed by atoms with van der Waals surface area (Å²) in [5, 5.41) is 9.79. The summed E-state index contributed by atoms with van der Waals surface area (Å²) >= 11 is 0. The number of rotatable bonds is 2. The van der Waals surface area contributed by atoms with Crippen LogP contribution >= 0.6 is 0 Å². The molecule has 1 saturated heterocycles. The Balaban J connectivity index is 2.09. The van der Waals surface area contributed by atoms with Gasteiger partial charge in [0.2, 0.25) is 0 Å². The van der Waals surface area contributed by atoms with Gasteiger partial charge in [0.25, 0.3) is 5.91 Å². The Morgan fingerprint density at radius 1 is 1.59 bits per heavy atom. The van der Waals surface area contributed by atoms with Gasteiger partial charge in [-0.05, 0) is 13.3 Å². The topological polar surface area (TPSA) is 104 Å². The van der Waals surface area contributed by atoms with Crippen LogP contribution in [0.2, 0.25) is 0 Å². The number of β-amino-alcohol motifs (C(OH)–C–C–N with tert-alkyl or cyclic N) is 1. The predicted octanol–water partition coefficient (Wildman–Crippen LogP) is -0.641. The molecule has 0 aromatic carbocycles. The maximum atomic E-state index is 12.0.